The minimum absolute atomic E-state index is 0.441. The number of nitrogens with zero attached hydrogens (tertiary/aromatic N) is 2. The van der Waals surface area contributed by atoms with E-state index in [2.05, 4.69) is 16.1 Å². The summed E-state index contributed by atoms with van der Waals surface area (Å²) in [5.74, 6) is 0. The van der Waals surface area contributed by atoms with E-state index in [9.17, 15) is 0 Å². The predicted molar refractivity (Wildman–Crippen MR) is 49.4 cm³/mol. The van der Waals surface area contributed by atoms with Gasteiger partial charge in [-0.25, -0.2) is 0 Å². The maximum atomic E-state index is 4.44. The molecule has 2 aliphatic carbocycles. The summed E-state index contributed by atoms with van der Waals surface area (Å²) in [4.78, 5) is 8.56. The molecule has 1 spiro atoms. The van der Waals surface area contributed by atoms with Crippen molar-refractivity contribution in [3.63, 3.8) is 0 Å². The largest absolute Gasteiger partial charge is 0.262 e. The molecule has 1 fully saturated rings. The van der Waals surface area contributed by atoms with Crippen molar-refractivity contribution in [2.45, 2.75) is 19.3 Å². The number of fused-ring (bicyclic) bond motifs is 2. The molecule has 0 atom stereocenters. The highest BCUT2D eigenvalue weighted by Crippen LogP contribution is 2.55. The van der Waals surface area contributed by atoms with Crippen LogP contribution in [0.15, 0.2) is 34.0 Å². The minimum Gasteiger partial charge on any atom is -0.262 e. The molecule has 3 rings (SSSR count). The van der Waals surface area contributed by atoms with Gasteiger partial charge >= 0.3 is 0 Å². The highest BCUT2D eigenvalue weighted by molar-refractivity contribution is 6.22. The van der Waals surface area contributed by atoms with Gasteiger partial charge in [0.25, 0.3) is 0 Å². The molecule has 0 bridgehead atoms. The van der Waals surface area contributed by atoms with Crippen LogP contribution in [0, 0.1) is 5.41 Å². The van der Waals surface area contributed by atoms with Gasteiger partial charge in [-0.2, -0.15) is 0 Å². The maximum absolute atomic E-state index is 4.44. The fourth-order valence-corrected chi connectivity index (χ4v) is 1.99. The summed E-state index contributed by atoms with van der Waals surface area (Å²) < 4.78 is 0. The van der Waals surface area contributed by atoms with Crippen molar-refractivity contribution in [1.82, 2.24) is 0 Å². The van der Waals surface area contributed by atoms with Crippen LogP contribution in [0.3, 0.4) is 0 Å². The lowest BCUT2D eigenvalue weighted by molar-refractivity contribution is 0.739. The van der Waals surface area contributed by atoms with Gasteiger partial charge in [-0.05, 0) is 19.3 Å². The molecule has 3 aliphatic rings. The molecule has 0 aromatic rings. The summed E-state index contributed by atoms with van der Waals surface area (Å²) in [5.41, 5.74) is 2.97. The number of allylic oxidation sites excluding steroid dienone is 2. The van der Waals surface area contributed by atoms with Crippen LogP contribution in [0.4, 0.5) is 0 Å². The molecule has 0 unspecified atom stereocenters. The van der Waals surface area contributed by atoms with Crippen molar-refractivity contribution in [2.24, 2.45) is 15.4 Å². The summed E-state index contributed by atoms with van der Waals surface area (Å²) in [6.45, 7) is 0. The molecule has 0 aromatic carbocycles. The van der Waals surface area contributed by atoms with E-state index in [0.29, 0.717) is 5.41 Å². The van der Waals surface area contributed by atoms with E-state index >= 15 is 0 Å². The van der Waals surface area contributed by atoms with Gasteiger partial charge in [0.05, 0.1) is 5.71 Å². The predicted octanol–water partition coefficient (Wildman–Crippen LogP) is 2.09. The van der Waals surface area contributed by atoms with Crippen LogP contribution in [0.1, 0.15) is 19.3 Å². The molecular formula is C10H10N2. The molecule has 0 N–H and O–H groups in total. The summed E-state index contributed by atoms with van der Waals surface area (Å²) in [6, 6.07) is 0. The number of hydrogen-bond acceptors (Lipinski definition) is 2. The molecule has 12 heavy (non-hydrogen) atoms. The molecule has 0 aromatic heterocycles. The Balaban J connectivity index is 2.11. The smallest absolute Gasteiger partial charge is 0.0553 e. The van der Waals surface area contributed by atoms with E-state index in [1.165, 1.54) is 30.5 Å². The van der Waals surface area contributed by atoms with Crippen LogP contribution in [0.2, 0.25) is 0 Å². The molecule has 1 heterocycles. The van der Waals surface area contributed by atoms with Crippen molar-refractivity contribution < 1.29 is 0 Å². The van der Waals surface area contributed by atoms with Crippen LogP contribution in [0.25, 0.3) is 0 Å². The first-order chi connectivity index (χ1) is 5.91. The first kappa shape index (κ1) is 6.35. The normalized spacial score (nSPS) is 28.0. The van der Waals surface area contributed by atoms with E-state index in [0.717, 1.165) is 0 Å². The fraction of sp³-hybridized carbons (Fsp3) is 0.400. The van der Waals surface area contributed by atoms with Gasteiger partial charge in [0.2, 0.25) is 0 Å². The van der Waals surface area contributed by atoms with Crippen LogP contribution < -0.4 is 0 Å². The van der Waals surface area contributed by atoms with Gasteiger partial charge in [0, 0.05) is 29.6 Å². The van der Waals surface area contributed by atoms with E-state index in [1.807, 2.05) is 6.21 Å². The third-order valence-corrected chi connectivity index (χ3v) is 2.91. The third-order valence-electron chi connectivity index (χ3n) is 2.91. The van der Waals surface area contributed by atoms with Crippen LogP contribution in [0.5, 0.6) is 0 Å². The minimum atomic E-state index is 0.441. The SMILES string of the molecule is C1=CN=C2C(=CCC23CC3)C=N1. The Bertz CT molecular complexity index is 341. The number of aliphatic imine (C=N–C) groups is 2. The van der Waals surface area contributed by atoms with Crippen LogP contribution in [-0.4, -0.2) is 11.9 Å². The molecular weight excluding hydrogens is 148 g/mol. The Morgan fingerprint density at radius 1 is 1.25 bits per heavy atom. The standard InChI is InChI=1S/C10H10N2/c1-2-10(3-4-10)9-8(1)7-11-5-6-12-9/h1,5-7H,2-4H2. The van der Waals surface area contributed by atoms with Crippen molar-refractivity contribution in [1.29, 1.82) is 0 Å². The highest BCUT2D eigenvalue weighted by atomic mass is 14.8. The molecule has 1 aliphatic heterocycles. The average Bonchev–Trinajstić information content (AvgIpc) is 2.77. The molecule has 0 saturated heterocycles. The van der Waals surface area contributed by atoms with Gasteiger partial charge < -0.3 is 0 Å². The van der Waals surface area contributed by atoms with Gasteiger partial charge in [0.15, 0.2) is 0 Å². The summed E-state index contributed by atoms with van der Waals surface area (Å²) >= 11 is 0. The zero-order chi connectivity index (χ0) is 8.02. The van der Waals surface area contributed by atoms with Crippen molar-refractivity contribution in [2.75, 3.05) is 0 Å². The summed E-state index contributed by atoms with van der Waals surface area (Å²) in [6.07, 6.45) is 11.6. The number of rotatable bonds is 0. The second-order valence-corrected chi connectivity index (χ2v) is 3.70. The van der Waals surface area contributed by atoms with Gasteiger partial charge in [0.1, 0.15) is 0 Å². The molecule has 60 valence electrons. The first-order valence-electron chi connectivity index (χ1n) is 4.38. The maximum Gasteiger partial charge on any atom is 0.0553 e. The van der Waals surface area contributed by atoms with E-state index < -0.39 is 0 Å². The zero-order valence-corrected chi connectivity index (χ0v) is 6.83. The quantitative estimate of drug-likeness (QED) is 0.515. The Hall–Kier alpha value is -1.18. The molecule has 0 radical (unpaired) electrons. The lowest BCUT2D eigenvalue weighted by Gasteiger charge is -2.06. The first-order valence-corrected chi connectivity index (χ1v) is 4.38. The number of hydrogen-bond donors (Lipinski definition) is 0. The Morgan fingerprint density at radius 2 is 2.17 bits per heavy atom. The van der Waals surface area contributed by atoms with Crippen molar-refractivity contribution in [3.8, 4) is 0 Å². The van der Waals surface area contributed by atoms with Gasteiger partial charge in [-0.3, -0.25) is 9.98 Å². The molecule has 0 amide bonds. The van der Waals surface area contributed by atoms with Gasteiger partial charge in [-0.1, -0.05) is 6.08 Å². The van der Waals surface area contributed by atoms with Crippen LogP contribution in [-0.2, 0) is 0 Å². The fourth-order valence-electron chi connectivity index (χ4n) is 1.99. The second-order valence-electron chi connectivity index (χ2n) is 3.70. The third kappa shape index (κ3) is 0.697. The van der Waals surface area contributed by atoms with E-state index in [4.69, 9.17) is 0 Å². The average molecular weight is 158 g/mol. The lowest BCUT2D eigenvalue weighted by atomic mass is 10.0. The molecule has 2 nitrogen and oxygen atoms in total. The molecule has 1 saturated carbocycles. The topological polar surface area (TPSA) is 24.7 Å². The van der Waals surface area contributed by atoms with Crippen LogP contribution >= 0.6 is 0 Å². The second kappa shape index (κ2) is 1.94. The molecule has 2 heteroatoms. The summed E-state index contributed by atoms with van der Waals surface area (Å²) in [5, 5.41) is 0. The zero-order valence-electron chi connectivity index (χ0n) is 6.83. The Labute approximate surface area is 71.4 Å². The van der Waals surface area contributed by atoms with Gasteiger partial charge in [-0.15, -0.1) is 0 Å². The lowest BCUT2D eigenvalue weighted by Crippen LogP contribution is -2.11. The summed E-state index contributed by atoms with van der Waals surface area (Å²) in [7, 11) is 0. The monoisotopic (exact) mass is 158 g/mol. The van der Waals surface area contributed by atoms with Crippen molar-refractivity contribution in [3.05, 3.63) is 24.0 Å². The Morgan fingerprint density at radius 3 is 3.00 bits per heavy atom. The highest BCUT2D eigenvalue weighted by Gasteiger charge is 2.50. The Kier molecular flexibility index (Phi) is 1.03. The van der Waals surface area contributed by atoms with Crippen molar-refractivity contribution >= 4 is 11.9 Å². The van der Waals surface area contributed by atoms with E-state index in [-0.39, 0.29) is 0 Å². The van der Waals surface area contributed by atoms with E-state index in [1.54, 1.807) is 12.4 Å².